The zero-order chi connectivity index (χ0) is 14.7. The molecule has 0 unspecified atom stereocenters. The van der Waals surface area contributed by atoms with Crippen molar-refractivity contribution in [3.63, 3.8) is 0 Å². The number of aromatic nitrogens is 3. The van der Waals surface area contributed by atoms with E-state index in [4.69, 9.17) is 16.9 Å². The Labute approximate surface area is 120 Å². The van der Waals surface area contributed by atoms with Crippen molar-refractivity contribution in [3.05, 3.63) is 40.4 Å². The number of nitrogens with one attached hydrogen (secondary N) is 2. The third-order valence-corrected chi connectivity index (χ3v) is 2.91. The van der Waals surface area contributed by atoms with Crippen LogP contribution in [0.1, 0.15) is 41.8 Å². The van der Waals surface area contributed by atoms with Gasteiger partial charge >= 0.3 is 0 Å². The molecule has 0 bridgehead atoms. The van der Waals surface area contributed by atoms with E-state index in [0.29, 0.717) is 17.1 Å². The minimum atomic E-state index is -0.436. The number of H-pyrrole nitrogens is 1. The summed E-state index contributed by atoms with van der Waals surface area (Å²) in [6.07, 6.45) is 0. The molecule has 0 aliphatic carbocycles. The standard InChI is InChI=1S/C13H12ClN5O/c1-7(2)11-17-12(19-18-11)13(20)16-9-4-3-8(6-15)10(14)5-9/h3-5,7H,1-2H3,(H,16,20)(H,17,18,19). The Hall–Kier alpha value is -2.39. The van der Waals surface area contributed by atoms with Crippen LogP contribution >= 0.6 is 11.6 Å². The van der Waals surface area contributed by atoms with Gasteiger partial charge in [0.05, 0.1) is 10.6 Å². The van der Waals surface area contributed by atoms with Crippen LogP contribution in [0.2, 0.25) is 5.02 Å². The molecule has 0 aliphatic rings. The topological polar surface area (TPSA) is 94.5 Å². The fourth-order valence-corrected chi connectivity index (χ4v) is 1.73. The number of aromatic amines is 1. The van der Waals surface area contributed by atoms with Gasteiger partial charge in [0.1, 0.15) is 11.9 Å². The number of halogens is 1. The van der Waals surface area contributed by atoms with Crippen molar-refractivity contribution in [2.75, 3.05) is 5.32 Å². The monoisotopic (exact) mass is 289 g/mol. The number of hydrogen-bond donors (Lipinski definition) is 2. The first-order chi connectivity index (χ1) is 9.51. The lowest BCUT2D eigenvalue weighted by Crippen LogP contribution is -2.14. The number of benzene rings is 1. The highest BCUT2D eigenvalue weighted by Gasteiger charge is 2.14. The van der Waals surface area contributed by atoms with Gasteiger partial charge in [-0.15, -0.1) is 5.10 Å². The first kappa shape index (κ1) is 14.0. The number of nitrogens with zero attached hydrogens (tertiary/aromatic N) is 3. The zero-order valence-corrected chi connectivity index (χ0v) is 11.7. The van der Waals surface area contributed by atoms with Crippen molar-refractivity contribution in [1.82, 2.24) is 15.2 Å². The Morgan fingerprint density at radius 3 is 2.80 bits per heavy atom. The highest BCUT2D eigenvalue weighted by Crippen LogP contribution is 2.20. The smallest absolute Gasteiger partial charge is 0.295 e. The molecule has 0 aliphatic heterocycles. The Bertz CT molecular complexity index is 686. The second-order valence-electron chi connectivity index (χ2n) is 4.46. The summed E-state index contributed by atoms with van der Waals surface area (Å²) in [5.41, 5.74) is 0.833. The minimum absolute atomic E-state index is 0.0641. The summed E-state index contributed by atoms with van der Waals surface area (Å²) < 4.78 is 0. The minimum Gasteiger partial charge on any atom is -0.319 e. The van der Waals surface area contributed by atoms with E-state index < -0.39 is 5.91 Å². The van der Waals surface area contributed by atoms with E-state index in [1.807, 2.05) is 19.9 Å². The molecule has 20 heavy (non-hydrogen) atoms. The summed E-state index contributed by atoms with van der Waals surface area (Å²) in [4.78, 5) is 16.0. The average Bonchev–Trinajstić information content (AvgIpc) is 2.88. The summed E-state index contributed by atoms with van der Waals surface area (Å²) >= 11 is 5.89. The van der Waals surface area contributed by atoms with Crippen LogP contribution in [0, 0.1) is 11.3 Å². The molecule has 1 amide bonds. The van der Waals surface area contributed by atoms with Gasteiger partial charge in [0.2, 0.25) is 5.82 Å². The van der Waals surface area contributed by atoms with Crippen molar-refractivity contribution in [1.29, 1.82) is 5.26 Å². The number of rotatable bonds is 3. The van der Waals surface area contributed by atoms with Crippen LogP contribution in [0.25, 0.3) is 0 Å². The van der Waals surface area contributed by atoms with Crippen LogP contribution in [-0.4, -0.2) is 21.1 Å². The van der Waals surface area contributed by atoms with Crippen molar-refractivity contribution >= 4 is 23.2 Å². The number of amides is 1. The molecule has 2 rings (SSSR count). The van der Waals surface area contributed by atoms with Crippen LogP contribution in [-0.2, 0) is 0 Å². The maximum atomic E-state index is 12.0. The molecular weight excluding hydrogens is 278 g/mol. The quantitative estimate of drug-likeness (QED) is 0.908. The molecule has 7 heteroatoms. The Morgan fingerprint density at radius 2 is 2.25 bits per heavy atom. The van der Waals surface area contributed by atoms with Crippen LogP contribution in [0.3, 0.4) is 0 Å². The van der Waals surface area contributed by atoms with E-state index in [1.165, 1.54) is 12.1 Å². The number of carbonyl (C=O) groups is 1. The summed E-state index contributed by atoms with van der Waals surface area (Å²) in [5, 5.41) is 18.3. The van der Waals surface area contributed by atoms with Gasteiger partial charge in [-0.05, 0) is 18.2 Å². The fourth-order valence-electron chi connectivity index (χ4n) is 1.50. The maximum absolute atomic E-state index is 12.0. The Balaban J connectivity index is 2.15. The predicted molar refractivity (Wildman–Crippen MR) is 74.6 cm³/mol. The van der Waals surface area contributed by atoms with Crippen LogP contribution < -0.4 is 5.32 Å². The Kier molecular flexibility index (Phi) is 4.01. The van der Waals surface area contributed by atoms with Crippen molar-refractivity contribution in [2.45, 2.75) is 19.8 Å². The van der Waals surface area contributed by atoms with Gasteiger partial charge in [-0.3, -0.25) is 9.89 Å². The highest BCUT2D eigenvalue weighted by atomic mass is 35.5. The first-order valence-electron chi connectivity index (χ1n) is 5.94. The summed E-state index contributed by atoms with van der Waals surface area (Å²) in [6.45, 7) is 3.89. The summed E-state index contributed by atoms with van der Waals surface area (Å²) in [5.74, 6) is 0.435. The number of carbonyl (C=O) groups excluding carboxylic acids is 1. The molecular formula is C13H12ClN5O. The van der Waals surface area contributed by atoms with Crippen LogP contribution in [0.4, 0.5) is 5.69 Å². The lowest BCUT2D eigenvalue weighted by Gasteiger charge is -2.03. The molecule has 2 aromatic rings. The molecule has 0 fully saturated rings. The maximum Gasteiger partial charge on any atom is 0.295 e. The predicted octanol–water partition coefficient (Wildman–Crippen LogP) is 2.71. The zero-order valence-electron chi connectivity index (χ0n) is 10.9. The van der Waals surface area contributed by atoms with Crippen LogP contribution in [0.15, 0.2) is 18.2 Å². The SMILES string of the molecule is CC(C)c1nc(C(=O)Nc2ccc(C#N)c(Cl)c2)n[nH]1. The second-order valence-corrected chi connectivity index (χ2v) is 4.87. The van der Waals surface area contributed by atoms with Crippen molar-refractivity contribution < 1.29 is 4.79 Å². The van der Waals surface area contributed by atoms with E-state index in [1.54, 1.807) is 6.07 Å². The van der Waals surface area contributed by atoms with E-state index in [-0.39, 0.29) is 16.8 Å². The third-order valence-electron chi connectivity index (χ3n) is 2.60. The van der Waals surface area contributed by atoms with Gasteiger partial charge in [0.25, 0.3) is 5.91 Å². The van der Waals surface area contributed by atoms with Gasteiger partial charge in [0.15, 0.2) is 0 Å². The largest absolute Gasteiger partial charge is 0.319 e. The van der Waals surface area contributed by atoms with E-state index in [2.05, 4.69) is 20.5 Å². The van der Waals surface area contributed by atoms with Gasteiger partial charge in [0, 0.05) is 11.6 Å². The summed E-state index contributed by atoms with van der Waals surface area (Å²) in [7, 11) is 0. The third kappa shape index (κ3) is 2.95. The molecule has 2 N–H and O–H groups in total. The molecule has 102 valence electrons. The second kappa shape index (κ2) is 5.72. The van der Waals surface area contributed by atoms with E-state index >= 15 is 0 Å². The molecule has 0 saturated carbocycles. The van der Waals surface area contributed by atoms with Gasteiger partial charge in [-0.1, -0.05) is 25.4 Å². The molecule has 0 saturated heterocycles. The lowest BCUT2D eigenvalue weighted by molar-refractivity contribution is 0.101. The van der Waals surface area contributed by atoms with Crippen molar-refractivity contribution in [2.24, 2.45) is 0 Å². The first-order valence-corrected chi connectivity index (χ1v) is 6.32. The molecule has 1 heterocycles. The molecule has 0 spiro atoms. The molecule has 0 radical (unpaired) electrons. The normalized spacial score (nSPS) is 10.3. The van der Waals surface area contributed by atoms with Crippen LogP contribution in [0.5, 0.6) is 0 Å². The Morgan fingerprint density at radius 1 is 1.50 bits per heavy atom. The van der Waals surface area contributed by atoms with E-state index in [0.717, 1.165) is 0 Å². The van der Waals surface area contributed by atoms with Gasteiger partial charge in [-0.2, -0.15) is 5.26 Å². The van der Waals surface area contributed by atoms with E-state index in [9.17, 15) is 4.79 Å². The molecule has 0 atom stereocenters. The average molecular weight is 290 g/mol. The summed E-state index contributed by atoms with van der Waals surface area (Å²) in [6, 6.07) is 6.59. The van der Waals surface area contributed by atoms with Crippen molar-refractivity contribution in [3.8, 4) is 6.07 Å². The molecule has 1 aromatic heterocycles. The van der Waals surface area contributed by atoms with Gasteiger partial charge < -0.3 is 5.32 Å². The lowest BCUT2D eigenvalue weighted by atomic mass is 10.2. The molecule has 6 nitrogen and oxygen atoms in total. The van der Waals surface area contributed by atoms with Gasteiger partial charge in [-0.25, -0.2) is 4.98 Å². The number of nitriles is 1. The fraction of sp³-hybridized carbons (Fsp3) is 0.231. The number of anilines is 1. The molecule has 1 aromatic carbocycles. The highest BCUT2D eigenvalue weighted by molar-refractivity contribution is 6.32. The number of hydrogen-bond acceptors (Lipinski definition) is 4.